The van der Waals surface area contributed by atoms with Crippen molar-refractivity contribution in [3.8, 4) is 0 Å². The van der Waals surface area contributed by atoms with Gasteiger partial charge in [0.1, 0.15) is 0 Å². The zero-order chi connectivity index (χ0) is 20.4. The summed E-state index contributed by atoms with van der Waals surface area (Å²) in [5.74, 6) is 0.591. The maximum Gasteiger partial charge on any atom is 0.306 e. The van der Waals surface area contributed by atoms with Gasteiger partial charge in [-0.1, -0.05) is 37.6 Å². The van der Waals surface area contributed by atoms with E-state index in [2.05, 4.69) is 19.2 Å². The van der Waals surface area contributed by atoms with Crippen molar-refractivity contribution in [3.05, 3.63) is 59.1 Å². The van der Waals surface area contributed by atoms with Crippen LogP contribution in [-0.2, 0) is 14.3 Å². The monoisotopic (exact) mass is 419 g/mol. The highest BCUT2D eigenvalue weighted by atomic mass is 35.5. The summed E-state index contributed by atoms with van der Waals surface area (Å²) in [7, 11) is 0. The number of thioether (sulfide) groups is 1. The Morgan fingerprint density at radius 2 is 1.79 bits per heavy atom. The van der Waals surface area contributed by atoms with E-state index in [9.17, 15) is 9.59 Å². The third-order valence-electron chi connectivity index (χ3n) is 4.35. The topological polar surface area (TPSA) is 55.4 Å². The van der Waals surface area contributed by atoms with Gasteiger partial charge in [0.05, 0.1) is 0 Å². The number of esters is 1. The number of carbonyl (C=O) groups excluding carboxylic acids is 2. The summed E-state index contributed by atoms with van der Waals surface area (Å²) in [5, 5.41) is 3.45. The minimum Gasteiger partial charge on any atom is -0.456 e. The number of benzene rings is 2. The third-order valence-corrected chi connectivity index (χ3v) is 5.70. The van der Waals surface area contributed by atoms with E-state index in [4.69, 9.17) is 16.3 Å². The van der Waals surface area contributed by atoms with Crippen LogP contribution in [0.2, 0.25) is 5.02 Å². The second-order valence-electron chi connectivity index (χ2n) is 6.55. The number of amides is 1. The number of ether oxygens (including phenoxy) is 1. The van der Waals surface area contributed by atoms with Crippen molar-refractivity contribution < 1.29 is 14.3 Å². The molecular formula is C22H26ClNO3S. The summed E-state index contributed by atoms with van der Waals surface area (Å²) in [6, 6.07) is 15.3. The van der Waals surface area contributed by atoms with Crippen molar-refractivity contribution in [2.75, 3.05) is 17.7 Å². The normalized spacial score (nSPS) is 11.7. The van der Waals surface area contributed by atoms with E-state index in [0.717, 1.165) is 17.1 Å². The average molecular weight is 420 g/mol. The molecule has 0 fully saturated rings. The van der Waals surface area contributed by atoms with Crippen LogP contribution in [-0.4, -0.2) is 24.2 Å². The molecule has 0 saturated heterocycles. The van der Waals surface area contributed by atoms with Crippen LogP contribution in [0.15, 0.2) is 53.4 Å². The zero-order valence-corrected chi connectivity index (χ0v) is 17.8. The van der Waals surface area contributed by atoms with Gasteiger partial charge in [-0.15, -0.1) is 11.8 Å². The highest BCUT2D eigenvalue weighted by Gasteiger charge is 2.09. The molecule has 0 bridgehead atoms. The first kappa shape index (κ1) is 22.3. The van der Waals surface area contributed by atoms with E-state index in [1.165, 1.54) is 5.56 Å². The molecule has 150 valence electrons. The minimum atomic E-state index is -0.362. The third kappa shape index (κ3) is 7.95. The summed E-state index contributed by atoms with van der Waals surface area (Å²) >= 11 is 7.50. The number of nitrogens with one attached hydrogen (secondary N) is 1. The molecule has 0 aromatic heterocycles. The number of hydrogen-bond donors (Lipinski definition) is 1. The zero-order valence-electron chi connectivity index (χ0n) is 16.2. The summed E-state index contributed by atoms with van der Waals surface area (Å²) in [4.78, 5) is 24.8. The fourth-order valence-corrected chi connectivity index (χ4v) is 3.46. The molecule has 4 nitrogen and oxygen atoms in total. The van der Waals surface area contributed by atoms with Gasteiger partial charge >= 0.3 is 5.97 Å². The highest BCUT2D eigenvalue weighted by molar-refractivity contribution is 7.99. The minimum absolute atomic E-state index is 0.268. The Morgan fingerprint density at radius 1 is 1.11 bits per heavy atom. The Balaban J connectivity index is 1.62. The van der Waals surface area contributed by atoms with Crippen molar-refractivity contribution in [2.45, 2.75) is 43.9 Å². The fourth-order valence-electron chi connectivity index (χ4n) is 2.48. The lowest BCUT2D eigenvalue weighted by atomic mass is 9.99. The number of carbonyl (C=O) groups is 2. The van der Waals surface area contributed by atoms with Crippen molar-refractivity contribution in [1.29, 1.82) is 0 Å². The average Bonchev–Trinajstić information content (AvgIpc) is 2.71. The maximum atomic E-state index is 11.9. The summed E-state index contributed by atoms with van der Waals surface area (Å²) < 4.78 is 5.05. The van der Waals surface area contributed by atoms with Crippen LogP contribution in [0, 0.1) is 0 Å². The molecule has 1 amide bonds. The number of anilines is 1. The van der Waals surface area contributed by atoms with Crippen LogP contribution >= 0.6 is 23.4 Å². The highest BCUT2D eigenvalue weighted by Crippen LogP contribution is 2.22. The van der Waals surface area contributed by atoms with Gasteiger partial charge < -0.3 is 10.1 Å². The SMILES string of the molecule is CC[C@H](C)c1ccc(NC(=O)COC(=O)CCCSc2ccc(Cl)cc2)cc1. The van der Waals surface area contributed by atoms with Gasteiger partial charge in [0.15, 0.2) is 6.61 Å². The van der Waals surface area contributed by atoms with Crippen LogP contribution in [0.4, 0.5) is 5.69 Å². The molecule has 0 aliphatic carbocycles. The lowest BCUT2D eigenvalue weighted by molar-refractivity contribution is -0.147. The second kappa shape index (κ2) is 11.8. The first-order chi connectivity index (χ1) is 13.5. The Hall–Kier alpha value is -1.98. The molecule has 2 aromatic rings. The summed E-state index contributed by atoms with van der Waals surface area (Å²) in [6.45, 7) is 4.04. The summed E-state index contributed by atoms with van der Waals surface area (Å²) in [6.07, 6.45) is 2.04. The van der Waals surface area contributed by atoms with Crippen LogP contribution in [0.5, 0.6) is 0 Å². The molecule has 0 aliphatic heterocycles. The van der Waals surface area contributed by atoms with E-state index in [-0.39, 0.29) is 24.9 Å². The standard InChI is InChI=1S/C22H26ClNO3S/c1-3-16(2)17-6-10-19(11-7-17)24-21(25)15-27-22(26)5-4-14-28-20-12-8-18(23)9-13-20/h6-13,16H,3-5,14-15H2,1-2H3,(H,24,25)/t16-/m0/s1. The van der Waals surface area contributed by atoms with Gasteiger partial charge in [0, 0.05) is 22.0 Å². The van der Waals surface area contributed by atoms with Crippen molar-refractivity contribution >= 4 is 40.9 Å². The van der Waals surface area contributed by atoms with Gasteiger partial charge in [-0.05, 0) is 66.5 Å². The Bertz CT molecular complexity index is 762. The molecule has 0 heterocycles. The fraction of sp³-hybridized carbons (Fsp3) is 0.364. The molecule has 0 saturated carbocycles. The molecule has 0 radical (unpaired) electrons. The maximum absolute atomic E-state index is 11.9. The van der Waals surface area contributed by atoms with Crippen molar-refractivity contribution in [3.63, 3.8) is 0 Å². The van der Waals surface area contributed by atoms with Crippen LogP contribution in [0.1, 0.15) is 44.6 Å². The first-order valence-corrected chi connectivity index (χ1v) is 10.8. The lowest BCUT2D eigenvalue weighted by Gasteiger charge is -2.10. The van der Waals surface area contributed by atoms with E-state index in [0.29, 0.717) is 23.0 Å². The second-order valence-corrected chi connectivity index (χ2v) is 8.15. The Kier molecular flexibility index (Phi) is 9.38. The molecule has 0 unspecified atom stereocenters. The van der Waals surface area contributed by atoms with Gasteiger partial charge in [-0.3, -0.25) is 9.59 Å². The lowest BCUT2D eigenvalue weighted by Crippen LogP contribution is -2.20. The smallest absolute Gasteiger partial charge is 0.306 e. The van der Waals surface area contributed by atoms with Gasteiger partial charge in [-0.2, -0.15) is 0 Å². The molecule has 28 heavy (non-hydrogen) atoms. The van der Waals surface area contributed by atoms with E-state index < -0.39 is 0 Å². The molecule has 6 heteroatoms. The molecule has 0 spiro atoms. The van der Waals surface area contributed by atoms with Gasteiger partial charge in [0.2, 0.25) is 0 Å². The molecule has 1 N–H and O–H groups in total. The predicted molar refractivity (Wildman–Crippen MR) is 116 cm³/mol. The van der Waals surface area contributed by atoms with Crippen LogP contribution in [0.25, 0.3) is 0 Å². The van der Waals surface area contributed by atoms with Crippen molar-refractivity contribution in [1.82, 2.24) is 0 Å². The molecule has 2 aromatic carbocycles. The number of halogens is 1. The number of rotatable bonds is 10. The van der Waals surface area contributed by atoms with Crippen LogP contribution < -0.4 is 5.32 Å². The quantitative estimate of drug-likeness (QED) is 0.295. The summed E-state index contributed by atoms with van der Waals surface area (Å²) in [5.41, 5.74) is 1.94. The Labute approximate surface area is 176 Å². The largest absolute Gasteiger partial charge is 0.456 e. The Morgan fingerprint density at radius 3 is 2.43 bits per heavy atom. The molecule has 0 aliphatic rings. The molecule has 2 rings (SSSR count). The van der Waals surface area contributed by atoms with E-state index in [1.54, 1.807) is 11.8 Å². The first-order valence-electron chi connectivity index (χ1n) is 9.41. The number of hydrogen-bond acceptors (Lipinski definition) is 4. The predicted octanol–water partition coefficient (Wildman–Crippen LogP) is 5.91. The van der Waals surface area contributed by atoms with Gasteiger partial charge in [-0.25, -0.2) is 0 Å². The van der Waals surface area contributed by atoms with E-state index in [1.807, 2.05) is 48.5 Å². The molecule has 1 atom stereocenters. The van der Waals surface area contributed by atoms with Crippen LogP contribution in [0.3, 0.4) is 0 Å². The van der Waals surface area contributed by atoms with E-state index >= 15 is 0 Å². The van der Waals surface area contributed by atoms with Crippen molar-refractivity contribution in [2.24, 2.45) is 0 Å². The molecular weight excluding hydrogens is 394 g/mol. The van der Waals surface area contributed by atoms with Gasteiger partial charge in [0.25, 0.3) is 5.91 Å².